The lowest BCUT2D eigenvalue weighted by atomic mass is 10.1. The van der Waals surface area contributed by atoms with Gasteiger partial charge in [0.1, 0.15) is 0 Å². The second kappa shape index (κ2) is 5.35. The van der Waals surface area contributed by atoms with E-state index in [1.54, 1.807) is 29.5 Å². The lowest BCUT2D eigenvalue weighted by Crippen LogP contribution is -2.14. The molecule has 0 spiro atoms. The third kappa shape index (κ3) is 2.70. The molecular formula is C15H12ClN3OS. The Morgan fingerprint density at radius 1 is 1.33 bits per heavy atom. The highest BCUT2D eigenvalue weighted by Crippen LogP contribution is 2.27. The van der Waals surface area contributed by atoms with Crippen LogP contribution in [0.25, 0.3) is 10.2 Å². The number of nitrogen functional groups attached to an aromatic ring is 1. The van der Waals surface area contributed by atoms with Gasteiger partial charge >= 0.3 is 0 Å². The summed E-state index contributed by atoms with van der Waals surface area (Å²) in [6.07, 6.45) is 0. The maximum Gasteiger partial charge on any atom is 0.259 e. The van der Waals surface area contributed by atoms with Gasteiger partial charge in [0.25, 0.3) is 5.91 Å². The molecule has 3 aromatic rings. The monoisotopic (exact) mass is 317 g/mol. The average Bonchev–Trinajstić information content (AvgIpc) is 2.77. The first kappa shape index (κ1) is 13.9. The van der Waals surface area contributed by atoms with Crippen molar-refractivity contribution in [3.05, 3.63) is 52.0 Å². The molecule has 2 aromatic carbocycles. The molecule has 106 valence electrons. The number of aromatic nitrogens is 1. The van der Waals surface area contributed by atoms with Crippen molar-refractivity contribution in [2.24, 2.45) is 0 Å². The molecule has 4 nitrogen and oxygen atoms in total. The Hall–Kier alpha value is -2.11. The number of anilines is 2. The van der Waals surface area contributed by atoms with E-state index in [0.717, 1.165) is 15.2 Å². The van der Waals surface area contributed by atoms with Crippen molar-refractivity contribution < 1.29 is 4.79 Å². The number of amides is 1. The summed E-state index contributed by atoms with van der Waals surface area (Å²) in [7, 11) is 0. The van der Waals surface area contributed by atoms with Gasteiger partial charge in [0.15, 0.2) is 0 Å². The summed E-state index contributed by atoms with van der Waals surface area (Å²) in [4.78, 5) is 16.7. The zero-order chi connectivity index (χ0) is 15.0. The molecule has 0 saturated heterocycles. The molecule has 0 aliphatic rings. The maximum atomic E-state index is 12.3. The predicted octanol–water partition coefficient (Wildman–Crippen LogP) is 4.09. The van der Waals surface area contributed by atoms with Crippen LogP contribution >= 0.6 is 22.9 Å². The van der Waals surface area contributed by atoms with Crippen LogP contribution in [0.1, 0.15) is 15.4 Å². The van der Waals surface area contributed by atoms with Crippen molar-refractivity contribution in [1.82, 2.24) is 4.98 Å². The molecular weight excluding hydrogens is 306 g/mol. The number of nitrogens with one attached hydrogen (secondary N) is 1. The van der Waals surface area contributed by atoms with E-state index < -0.39 is 0 Å². The summed E-state index contributed by atoms with van der Waals surface area (Å²) in [5.74, 6) is -0.321. The van der Waals surface area contributed by atoms with Crippen molar-refractivity contribution in [3.8, 4) is 0 Å². The summed E-state index contributed by atoms with van der Waals surface area (Å²) >= 11 is 7.62. The van der Waals surface area contributed by atoms with Crippen molar-refractivity contribution in [3.63, 3.8) is 0 Å². The van der Waals surface area contributed by atoms with E-state index in [0.29, 0.717) is 22.0 Å². The number of rotatable bonds is 2. The smallest absolute Gasteiger partial charge is 0.259 e. The fourth-order valence-corrected chi connectivity index (χ4v) is 3.23. The number of carbonyl (C=O) groups excluding carboxylic acids is 1. The number of nitrogens with two attached hydrogens (primary N) is 1. The SMILES string of the molecule is Cc1nc2ccc(NC(=O)c3c(N)cccc3Cl)cc2s1. The van der Waals surface area contributed by atoms with Gasteiger partial charge in [-0.2, -0.15) is 0 Å². The molecule has 3 N–H and O–H groups in total. The number of halogens is 1. The van der Waals surface area contributed by atoms with E-state index in [1.165, 1.54) is 0 Å². The predicted molar refractivity (Wildman–Crippen MR) is 88.2 cm³/mol. The fourth-order valence-electron chi connectivity index (χ4n) is 2.09. The van der Waals surface area contributed by atoms with E-state index in [9.17, 15) is 4.79 Å². The largest absolute Gasteiger partial charge is 0.398 e. The topological polar surface area (TPSA) is 68.0 Å². The summed E-state index contributed by atoms with van der Waals surface area (Å²) in [5, 5.41) is 4.14. The number of carbonyl (C=O) groups is 1. The first-order valence-electron chi connectivity index (χ1n) is 6.27. The number of fused-ring (bicyclic) bond motifs is 1. The second-order valence-electron chi connectivity index (χ2n) is 4.57. The third-order valence-electron chi connectivity index (χ3n) is 3.03. The van der Waals surface area contributed by atoms with Gasteiger partial charge in [-0.1, -0.05) is 17.7 Å². The Bertz CT molecular complexity index is 824. The molecule has 0 atom stereocenters. The Morgan fingerprint density at radius 2 is 2.14 bits per heavy atom. The quantitative estimate of drug-likeness (QED) is 0.699. The molecule has 1 aromatic heterocycles. The molecule has 1 amide bonds. The normalized spacial score (nSPS) is 10.8. The molecule has 0 bridgehead atoms. The van der Waals surface area contributed by atoms with Crippen LogP contribution in [-0.4, -0.2) is 10.9 Å². The summed E-state index contributed by atoms with van der Waals surface area (Å²) < 4.78 is 1.03. The van der Waals surface area contributed by atoms with Gasteiger partial charge < -0.3 is 11.1 Å². The molecule has 0 saturated carbocycles. The van der Waals surface area contributed by atoms with Gasteiger partial charge in [-0.25, -0.2) is 4.98 Å². The first-order valence-corrected chi connectivity index (χ1v) is 7.46. The summed E-state index contributed by atoms with van der Waals surface area (Å²) in [6.45, 7) is 1.95. The van der Waals surface area contributed by atoms with Crippen molar-refractivity contribution in [1.29, 1.82) is 0 Å². The molecule has 0 fully saturated rings. The Kier molecular flexibility index (Phi) is 3.53. The molecule has 0 unspecified atom stereocenters. The molecule has 0 aliphatic carbocycles. The van der Waals surface area contributed by atoms with Crippen LogP contribution in [-0.2, 0) is 0 Å². The number of benzene rings is 2. The fraction of sp³-hybridized carbons (Fsp3) is 0.0667. The highest BCUT2D eigenvalue weighted by molar-refractivity contribution is 7.18. The van der Waals surface area contributed by atoms with Crippen LogP contribution in [0.5, 0.6) is 0 Å². The zero-order valence-electron chi connectivity index (χ0n) is 11.2. The van der Waals surface area contributed by atoms with Crippen LogP contribution in [0.3, 0.4) is 0 Å². The standard InChI is InChI=1S/C15H12ClN3OS/c1-8-18-12-6-5-9(7-13(12)21-8)19-15(20)14-10(16)3-2-4-11(14)17/h2-7H,17H2,1H3,(H,19,20). The molecule has 6 heteroatoms. The minimum atomic E-state index is -0.321. The molecule has 0 radical (unpaired) electrons. The first-order chi connectivity index (χ1) is 10.0. The van der Waals surface area contributed by atoms with E-state index in [2.05, 4.69) is 10.3 Å². The third-order valence-corrected chi connectivity index (χ3v) is 4.27. The van der Waals surface area contributed by atoms with Crippen LogP contribution in [0.15, 0.2) is 36.4 Å². The highest BCUT2D eigenvalue weighted by atomic mass is 35.5. The maximum absolute atomic E-state index is 12.3. The van der Waals surface area contributed by atoms with Gasteiger partial charge in [-0.05, 0) is 37.3 Å². The molecule has 0 aliphatic heterocycles. The number of thiazole rings is 1. The molecule has 21 heavy (non-hydrogen) atoms. The lowest BCUT2D eigenvalue weighted by molar-refractivity contribution is 0.102. The van der Waals surface area contributed by atoms with Gasteiger partial charge in [0.05, 0.1) is 25.8 Å². The van der Waals surface area contributed by atoms with E-state index in [1.807, 2.05) is 25.1 Å². The van der Waals surface area contributed by atoms with E-state index >= 15 is 0 Å². The van der Waals surface area contributed by atoms with Gasteiger partial charge in [-0.15, -0.1) is 11.3 Å². The zero-order valence-corrected chi connectivity index (χ0v) is 12.8. The van der Waals surface area contributed by atoms with Crippen LogP contribution < -0.4 is 11.1 Å². The van der Waals surface area contributed by atoms with E-state index in [-0.39, 0.29) is 5.91 Å². The van der Waals surface area contributed by atoms with Crippen molar-refractivity contribution >= 4 is 50.4 Å². The van der Waals surface area contributed by atoms with Gasteiger partial charge in [-0.3, -0.25) is 4.79 Å². The average molecular weight is 318 g/mol. The Labute approximate surface area is 130 Å². The minimum absolute atomic E-state index is 0.291. The Balaban J connectivity index is 1.92. The van der Waals surface area contributed by atoms with E-state index in [4.69, 9.17) is 17.3 Å². The number of nitrogens with zero attached hydrogens (tertiary/aromatic N) is 1. The number of hydrogen-bond donors (Lipinski definition) is 2. The number of aryl methyl sites for hydroxylation is 1. The lowest BCUT2D eigenvalue weighted by Gasteiger charge is -2.09. The minimum Gasteiger partial charge on any atom is -0.398 e. The van der Waals surface area contributed by atoms with Gasteiger partial charge in [0.2, 0.25) is 0 Å². The van der Waals surface area contributed by atoms with Crippen molar-refractivity contribution in [2.45, 2.75) is 6.92 Å². The highest BCUT2D eigenvalue weighted by Gasteiger charge is 2.14. The second-order valence-corrected chi connectivity index (χ2v) is 6.22. The number of hydrogen-bond acceptors (Lipinski definition) is 4. The van der Waals surface area contributed by atoms with Gasteiger partial charge in [0, 0.05) is 11.4 Å². The summed E-state index contributed by atoms with van der Waals surface area (Å²) in [5.41, 5.74) is 8.08. The summed E-state index contributed by atoms with van der Waals surface area (Å²) in [6, 6.07) is 10.6. The van der Waals surface area contributed by atoms with Crippen LogP contribution in [0, 0.1) is 6.92 Å². The van der Waals surface area contributed by atoms with Crippen LogP contribution in [0.2, 0.25) is 5.02 Å². The van der Waals surface area contributed by atoms with Crippen LogP contribution in [0.4, 0.5) is 11.4 Å². The Morgan fingerprint density at radius 3 is 2.90 bits per heavy atom. The molecule has 1 heterocycles. The van der Waals surface area contributed by atoms with Crippen molar-refractivity contribution in [2.75, 3.05) is 11.1 Å². The molecule has 3 rings (SSSR count).